The van der Waals surface area contributed by atoms with E-state index in [4.69, 9.17) is 4.43 Å². The van der Waals surface area contributed by atoms with Gasteiger partial charge in [-0.25, -0.2) is 0 Å². The quantitative estimate of drug-likeness (QED) is 0.857. The molecule has 0 unspecified atom stereocenters. The minimum Gasteiger partial charge on any atom is -0.553 e. The molecule has 0 aromatic heterocycles. The maximum absolute atomic E-state index is 9.35. The highest BCUT2D eigenvalue weighted by molar-refractivity contribution is 5.99. The van der Waals surface area contributed by atoms with Gasteiger partial charge in [0.1, 0.15) is 11.5 Å². The molecule has 0 aliphatic carbocycles. The van der Waals surface area contributed by atoms with Crippen LogP contribution >= 0.6 is 0 Å². The maximum Gasteiger partial charge on any atom is 0.204 e. The molecule has 1 N–H and O–H groups in total. The molecule has 0 aliphatic rings. The Labute approximate surface area is 111 Å². The second kappa shape index (κ2) is 4.86. The lowest BCUT2D eigenvalue weighted by Gasteiger charge is -2.26. The Hall–Kier alpha value is -1.74. The van der Waals surface area contributed by atoms with Gasteiger partial charge < -0.3 is 9.53 Å². The van der Waals surface area contributed by atoms with Gasteiger partial charge in [0.25, 0.3) is 0 Å². The fourth-order valence-corrected chi connectivity index (χ4v) is 2.32. The largest absolute Gasteiger partial charge is 0.553 e. The van der Waals surface area contributed by atoms with Crippen LogP contribution in [0.5, 0.6) is 11.5 Å². The fraction of sp³-hybridized carbons (Fsp3) is 0.200. The fourth-order valence-electron chi connectivity index (χ4n) is 2.05. The van der Waals surface area contributed by atoms with E-state index in [2.05, 4.69) is 26.0 Å². The predicted octanol–water partition coefficient (Wildman–Crippen LogP) is 2.38. The van der Waals surface area contributed by atoms with Crippen molar-refractivity contribution in [1.29, 1.82) is 0 Å². The summed E-state index contributed by atoms with van der Waals surface area (Å²) in [6.45, 7) is 4.35. The van der Waals surface area contributed by atoms with Crippen LogP contribution in [0.3, 0.4) is 0 Å². The van der Waals surface area contributed by atoms with E-state index in [-0.39, 0.29) is 5.41 Å². The molecule has 0 heterocycles. The molecule has 0 saturated heterocycles. The summed E-state index contributed by atoms with van der Waals surface area (Å²) in [6.07, 6.45) is 0. The van der Waals surface area contributed by atoms with Crippen LogP contribution in [0.15, 0.2) is 48.5 Å². The third kappa shape index (κ3) is 2.41. The van der Waals surface area contributed by atoms with Crippen molar-refractivity contribution < 1.29 is 9.53 Å². The molecule has 18 heavy (non-hydrogen) atoms. The summed E-state index contributed by atoms with van der Waals surface area (Å²) in [6, 6.07) is 15.6. The van der Waals surface area contributed by atoms with Crippen molar-refractivity contribution in [3.63, 3.8) is 0 Å². The van der Waals surface area contributed by atoms with Crippen molar-refractivity contribution in [3.05, 3.63) is 59.7 Å². The number of phenols is 1. The van der Waals surface area contributed by atoms with Gasteiger partial charge in [-0.15, -0.1) is 0 Å². The lowest BCUT2D eigenvalue weighted by atomic mass is 9.78. The van der Waals surface area contributed by atoms with E-state index in [0.717, 1.165) is 5.75 Å². The third-order valence-electron chi connectivity index (χ3n) is 3.40. The van der Waals surface area contributed by atoms with Crippen LogP contribution < -0.4 is 4.43 Å². The average molecular weight is 258 g/mol. The Kier molecular flexibility index (Phi) is 3.43. The van der Waals surface area contributed by atoms with Gasteiger partial charge >= 0.3 is 0 Å². The molecule has 2 aromatic carbocycles. The lowest BCUT2D eigenvalue weighted by molar-refractivity contribution is 0.474. The van der Waals surface area contributed by atoms with Crippen molar-refractivity contribution in [2.45, 2.75) is 19.3 Å². The molecule has 2 rings (SSSR count). The molecular formula is C15H18O2Si. The second-order valence-electron chi connectivity index (χ2n) is 4.90. The number of benzene rings is 2. The van der Waals surface area contributed by atoms with Crippen LogP contribution in [0.4, 0.5) is 0 Å². The number of aromatic hydroxyl groups is 1. The van der Waals surface area contributed by atoms with Gasteiger partial charge in [-0.1, -0.05) is 38.1 Å². The summed E-state index contributed by atoms with van der Waals surface area (Å²) in [5.41, 5.74) is 2.33. The first-order valence-electron chi connectivity index (χ1n) is 5.98. The molecule has 0 radical (unpaired) electrons. The van der Waals surface area contributed by atoms with Gasteiger partial charge in [0, 0.05) is 5.41 Å². The first-order chi connectivity index (χ1) is 8.54. The van der Waals surface area contributed by atoms with Crippen LogP contribution in [0, 0.1) is 0 Å². The van der Waals surface area contributed by atoms with Crippen LogP contribution in [0.2, 0.25) is 0 Å². The standard InChI is InChI=1S/C15H18O2Si/c1-15(2,11-3-7-13(16)8-4-11)12-5-9-14(17-18)10-6-12/h3-10,16H,1-2,18H3. The van der Waals surface area contributed by atoms with Gasteiger partial charge in [-0.2, -0.15) is 0 Å². The molecule has 0 aliphatic heterocycles. The van der Waals surface area contributed by atoms with Crippen molar-refractivity contribution in [3.8, 4) is 11.5 Å². The average Bonchev–Trinajstić information content (AvgIpc) is 2.39. The number of hydrogen-bond acceptors (Lipinski definition) is 2. The van der Waals surface area contributed by atoms with Crippen molar-refractivity contribution >= 4 is 10.5 Å². The number of rotatable bonds is 3. The monoisotopic (exact) mass is 258 g/mol. The van der Waals surface area contributed by atoms with Gasteiger partial charge in [-0.05, 0) is 35.4 Å². The molecule has 2 nitrogen and oxygen atoms in total. The minimum absolute atomic E-state index is 0.0859. The predicted molar refractivity (Wildman–Crippen MR) is 77.2 cm³/mol. The molecule has 94 valence electrons. The van der Waals surface area contributed by atoms with Gasteiger partial charge in [-0.3, -0.25) is 0 Å². The lowest BCUT2D eigenvalue weighted by Crippen LogP contribution is -2.18. The van der Waals surface area contributed by atoms with Crippen molar-refractivity contribution in [2.75, 3.05) is 0 Å². The van der Waals surface area contributed by atoms with Crippen molar-refractivity contribution in [2.24, 2.45) is 0 Å². The third-order valence-corrected chi connectivity index (χ3v) is 3.87. The summed E-state index contributed by atoms with van der Waals surface area (Å²) in [5, 5.41) is 9.35. The maximum atomic E-state index is 9.35. The Bertz CT molecular complexity index is 515. The smallest absolute Gasteiger partial charge is 0.204 e. The molecule has 0 atom stereocenters. The van der Waals surface area contributed by atoms with E-state index in [1.807, 2.05) is 24.3 Å². The minimum atomic E-state index is -0.0859. The normalized spacial score (nSPS) is 11.4. The highest BCUT2D eigenvalue weighted by atomic mass is 28.2. The van der Waals surface area contributed by atoms with Crippen molar-refractivity contribution in [1.82, 2.24) is 0 Å². The van der Waals surface area contributed by atoms with E-state index >= 15 is 0 Å². The zero-order valence-electron chi connectivity index (χ0n) is 11.0. The zero-order valence-corrected chi connectivity index (χ0v) is 13.0. The Morgan fingerprint density at radius 1 is 0.889 bits per heavy atom. The molecule has 2 aromatic rings. The SMILES string of the molecule is CC(C)(c1ccc(O)cc1)c1ccc(O[SiH3])cc1. The molecule has 0 amide bonds. The molecule has 3 heteroatoms. The number of hydrogen-bond donors (Lipinski definition) is 1. The van der Waals surface area contributed by atoms with E-state index < -0.39 is 0 Å². The molecule has 0 bridgehead atoms. The summed E-state index contributed by atoms with van der Waals surface area (Å²) in [4.78, 5) is 0. The Balaban J connectivity index is 2.37. The number of phenolic OH excluding ortho intramolecular Hbond substituents is 1. The van der Waals surface area contributed by atoms with E-state index in [1.54, 1.807) is 12.1 Å². The molecule has 0 spiro atoms. The summed E-state index contributed by atoms with van der Waals surface area (Å²) in [7, 11) is 0.711. The Morgan fingerprint density at radius 3 is 1.78 bits per heavy atom. The zero-order chi connectivity index (χ0) is 13.2. The molecular weight excluding hydrogens is 240 g/mol. The van der Waals surface area contributed by atoms with E-state index in [9.17, 15) is 5.11 Å². The van der Waals surface area contributed by atoms with E-state index in [1.165, 1.54) is 11.1 Å². The molecule has 0 saturated carbocycles. The van der Waals surface area contributed by atoms with Gasteiger partial charge in [0.15, 0.2) is 0 Å². The summed E-state index contributed by atoms with van der Waals surface area (Å²) >= 11 is 0. The van der Waals surface area contributed by atoms with Gasteiger partial charge in [0.2, 0.25) is 10.5 Å². The summed E-state index contributed by atoms with van der Waals surface area (Å²) < 4.78 is 5.31. The molecule has 0 fully saturated rings. The van der Waals surface area contributed by atoms with Gasteiger partial charge in [0.05, 0.1) is 0 Å². The summed E-state index contributed by atoms with van der Waals surface area (Å²) in [5.74, 6) is 1.22. The van der Waals surface area contributed by atoms with Crippen LogP contribution in [-0.2, 0) is 5.41 Å². The van der Waals surface area contributed by atoms with E-state index in [0.29, 0.717) is 16.2 Å². The highest BCUT2D eigenvalue weighted by Crippen LogP contribution is 2.32. The Morgan fingerprint density at radius 2 is 1.33 bits per heavy atom. The second-order valence-corrected chi connectivity index (χ2v) is 5.31. The topological polar surface area (TPSA) is 29.5 Å². The van der Waals surface area contributed by atoms with Crippen LogP contribution in [0.25, 0.3) is 0 Å². The van der Waals surface area contributed by atoms with Crippen LogP contribution in [-0.4, -0.2) is 15.6 Å². The highest BCUT2D eigenvalue weighted by Gasteiger charge is 2.22. The first kappa shape index (κ1) is 12.7. The first-order valence-corrected chi connectivity index (χ1v) is 6.80. The van der Waals surface area contributed by atoms with Crippen LogP contribution in [0.1, 0.15) is 25.0 Å².